The Morgan fingerprint density at radius 3 is 2.32 bits per heavy atom. The van der Waals surface area contributed by atoms with E-state index in [0.29, 0.717) is 5.56 Å². The summed E-state index contributed by atoms with van der Waals surface area (Å²) < 4.78 is 0. The number of hydrogen-bond donors (Lipinski definition) is 2. The summed E-state index contributed by atoms with van der Waals surface area (Å²) in [6, 6.07) is 17.2. The Hall–Kier alpha value is -3.18. The van der Waals surface area contributed by atoms with E-state index < -0.39 is 0 Å². The summed E-state index contributed by atoms with van der Waals surface area (Å²) in [6.07, 6.45) is 2.47. The van der Waals surface area contributed by atoms with Crippen molar-refractivity contribution >= 4 is 29.2 Å². The molecule has 0 aliphatic carbocycles. The maximum atomic E-state index is 13.2. The molecule has 0 saturated carbocycles. The molecular formula is C26H28N2O2S. The van der Waals surface area contributed by atoms with Crippen LogP contribution in [0, 0.1) is 20.8 Å². The molecule has 1 unspecified atom stereocenters. The minimum atomic E-state index is -0.308. The molecule has 0 radical (unpaired) electrons. The first-order valence-corrected chi connectivity index (χ1v) is 11.3. The number of rotatable bonds is 7. The molecular weight excluding hydrogens is 404 g/mol. The second-order valence-corrected chi connectivity index (χ2v) is 8.67. The van der Waals surface area contributed by atoms with E-state index in [4.69, 9.17) is 0 Å². The highest BCUT2D eigenvalue weighted by Gasteiger charge is 2.20. The fourth-order valence-corrected chi connectivity index (χ4v) is 4.08. The van der Waals surface area contributed by atoms with Crippen molar-refractivity contribution in [3.8, 4) is 0 Å². The van der Waals surface area contributed by atoms with E-state index in [0.717, 1.165) is 28.0 Å². The minimum Gasteiger partial charge on any atom is -0.344 e. The average molecular weight is 433 g/mol. The van der Waals surface area contributed by atoms with Crippen LogP contribution in [0.4, 0.5) is 0 Å². The fraction of sp³-hybridized carbons (Fsp3) is 0.231. The van der Waals surface area contributed by atoms with Crippen LogP contribution >= 0.6 is 11.3 Å². The Bertz CT molecular complexity index is 1080. The molecule has 0 spiro atoms. The summed E-state index contributed by atoms with van der Waals surface area (Å²) in [5, 5.41) is 7.85. The SMILES string of the molecule is CCC(NC(=O)/C(=C/c1cccs1)NC(=O)c1ccc(C)cc1)c1ccc(C)cc1C. The molecule has 3 aromatic rings. The Balaban J connectivity index is 1.85. The molecule has 3 rings (SSSR count). The standard InChI is InChI=1S/C26H28N2O2S/c1-5-23(22-13-10-18(3)15-19(22)4)27-26(30)24(16-21-7-6-14-31-21)28-25(29)20-11-8-17(2)9-12-20/h6-16,23H,5H2,1-4H3,(H,27,30)(H,28,29)/b24-16-. The number of amides is 2. The molecule has 0 saturated heterocycles. The largest absolute Gasteiger partial charge is 0.344 e. The van der Waals surface area contributed by atoms with Crippen LogP contribution in [0.25, 0.3) is 6.08 Å². The number of thiophene rings is 1. The number of benzene rings is 2. The lowest BCUT2D eigenvalue weighted by Gasteiger charge is -2.21. The normalized spacial score (nSPS) is 12.3. The van der Waals surface area contributed by atoms with Crippen LogP contribution in [0.15, 0.2) is 65.7 Å². The molecule has 2 N–H and O–H groups in total. The zero-order valence-corrected chi connectivity index (χ0v) is 19.2. The van der Waals surface area contributed by atoms with Crippen molar-refractivity contribution in [1.29, 1.82) is 0 Å². The molecule has 0 fully saturated rings. The lowest BCUT2D eigenvalue weighted by Crippen LogP contribution is -2.37. The molecule has 0 bridgehead atoms. The van der Waals surface area contributed by atoms with E-state index >= 15 is 0 Å². The molecule has 4 nitrogen and oxygen atoms in total. The third-order valence-electron chi connectivity index (χ3n) is 5.15. The quantitative estimate of drug-likeness (QED) is 0.470. The maximum absolute atomic E-state index is 13.2. The molecule has 5 heteroatoms. The van der Waals surface area contributed by atoms with E-state index in [1.165, 1.54) is 16.9 Å². The smallest absolute Gasteiger partial charge is 0.268 e. The van der Waals surface area contributed by atoms with Gasteiger partial charge in [-0.3, -0.25) is 9.59 Å². The predicted octanol–water partition coefficient (Wildman–Crippen LogP) is 5.71. The van der Waals surface area contributed by atoms with Gasteiger partial charge in [-0.2, -0.15) is 0 Å². The van der Waals surface area contributed by atoms with Crippen LogP contribution in [0.2, 0.25) is 0 Å². The summed E-state index contributed by atoms with van der Waals surface area (Å²) >= 11 is 1.51. The molecule has 1 atom stereocenters. The molecule has 31 heavy (non-hydrogen) atoms. The molecule has 0 aliphatic rings. The van der Waals surface area contributed by atoms with Crippen LogP contribution in [-0.2, 0) is 4.79 Å². The fourth-order valence-electron chi connectivity index (χ4n) is 3.43. The van der Waals surface area contributed by atoms with Crippen molar-refractivity contribution in [2.24, 2.45) is 0 Å². The van der Waals surface area contributed by atoms with Gasteiger partial charge in [0.2, 0.25) is 0 Å². The zero-order valence-electron chi connectivity index (χ0n) is 18.4. The van der Waals surface area contributed by atoms with Crippen LogP contribution in [0.3, 0.4) is 0 Å². The first-order chi connectivity index (χ1) is 14.9. The molecule has 0 aliphatic heterocycles. The lowest BCUT2D eigenvalue weighted by atomic mass is 9.97. The predicted molar refractivity (Wildman–Crippen MR) is 128 cm³/mol. The lowest BCUT2D eigenvalue weighted by molar-refractivity contribution is -0.118. The second-order valence-electron chi connectivity index (χ2n) is 7.69. The van der Waals surface area contributed by atoms with Crippen molar-refractivity contribution < 1.29 is 9.59 Å². The van der Waals surface area contributed by atoms with Crippen LogP contribution in [0.5, 0.6) is 0 Å². The Labute approximate surface area is 188 Å². The highest BCUT2D eigenvalue weighted by atomic mass is 32.1. The summed E-state index contributed by atoms with van der Waals surface area (Å²) in [6.45, 7) is 8.12. The summed E-state index contributed by atoms with van der Waals surface area (Å²) in [4.78, 5) is 26.9. The maximum Gasteiger partial charge on any atom is 0.268 e. The Morgan fingerprint density at radius 2 is 1.71 bits per heavy atom. The van der Waals surface area contributed by atoms with E-state index in [2.05, 4.69) is 42.7 Å². The van der Waals surface area contributed by atoms with Gasteiger partial charge in [0.25, 0.3) is 11.8 Å². The van der Waals surface area contributed by atoms with Crippen molar-refractivity contribution in [2.75, 3.05) is 0 Å². The highest BCUT2D eigenvalue weighted by Crippen LogP contribution is 2.22. The molecule has 160 valence electrons. The zero-order chi connectivity index (χ0) is 22.4. The van der Waals surface area contributed by atoms with Gasteiger partial charge in [0.15, 0.2) is 0 Å². The minimum absolute atomic E-state index is 0.142. The number of aryl methyl sites for hydroxylation is 3. The molecule has 1 aromatic heterocycles. The van der Waals surface area contributed by atoms with Gasteiger partial charge < -0.3 is 10.6 Å². The summed E-state index contributed by atoms with van der Waals surface area (Å²) in [5.74, 6) is -0.613. The Kier molecular flexibility index (Phi) is 7.42. The van der Waals surface area contributed by atoms with Crippen molar-refractivity contribution in [2.45, 2.75) is 40.2 Å². The van der Waals surface area contributed by atoms with Crippen molar-refractivity contribution in [1.82, 2.24) is 10.6 Å². The van der Waals surface area contributed by atoms with Crippen molar-refractivity contribution in [3.05, 3.63) is 98.4 Å². The van der Waals surface area contributed by atoms with Gasteiger partial charge in [-0.1, -0.05) is 54.4 Å². The molecule has 2 amide bonds. The number of hydrogen-bond acceptors (Lipinski definition) is 3. The third-order valence-corrected chi connectivity index (χ3v) is 5.97. The van der Waals surface area contributed by atoms with Crippen molar-refractivity contribution in [3.63, 3.8) is 0 Å². The number of nitrogens with one attached hydrogen (secondary N) is 2. The third kappa shape index (κ3) is 5.92. The Morgan fingerprint density at radius 1 is 1.00 bits per heavy atom. The van der Waals surface area contributed by atoms with Crippen LogP contribution in [0.1, 0.15) is 56.9 Å². The number of carbonyl (C=O) groups is 2. The van der Waals surface area contributed by atoms with E-state index in [-0.39, 0.29) is 23.6 Å². The first kappa shape index (κ1) is 22.5. The van der Waals surface area contributed by atoms with Gasteiger partial charge in [-0.25, -0.2) is 0 Å². The molecule has 1 heterocycles. The van der Waals surface area contributed by atoms with Gasteiger partial charge in [-0.15, -0.1) is 11.3 Å². The first-order valence-electron chi connectivity index (χ1n) is 10.4. The van der Waals surface area contributed by atoms with Gasteiger partial charge in [0, 0.05) is 10.4 Å². The number of carbonyl (C=O) groups excluding carboxylic acids is 2. The second kappa shape index (κ2) is 10.2. The summed E-state index contributed by atoms with van der Waals surface area (Å²) in [7, 11) is 0. The van der Waals surface area contributed by atoms with Gasteiger partial charge in [0.05, 0.1) is 6.04 Å². The van der Waals surface area contributed by atoms with Gasteiger partial charge in [0.1, 0.15) is 5.70 Å². The summed E-state index contributed by atoms with van der Waals surface area (Å²) in [5.41, 5.74) is 5.23. The van der Waals surface area contributed by atoms with Gasteiger partial charge in [-0.05, 0) is 68.0 Å². The monoisotopic (exact) mass is 432 g/mol. The van der Waals surface area contributed by atoms with E-state index in [1.807, 2.05) is 43.5 Å². The van der Waals surface area contributed by atoms with Crippen LogP contribution in [-0.4, -0.2) is 11.8 Å². The van der Waals surface area contributed by atoms with E-state index in [9.17, 15) is 9.59 Å². The highest BCUT2D eigenvalue weighted by molar-refractivity contribution is 7.10. The van der Waals surface area contributed by atoms with Gasteiger partial charge >= 0.3 is 0 Å². The van der Waals surface area contributed by atoms with Crippen LogP contribution < -0.4 is 10.6 Å². The topological polar surface area (TPSA) is 58.2 Å². The average Bonchev–Trinajstić information content (AvgIpc) is 3.25. The molecule has 2 aromatic carbocycles. The van der Waals surface area contributed by atoms with E-state index in [1.54, 1.807) is 18.2 Å².